The number of amides is 3. The lowest BCUT2D eigenvalue weighted by atomic mass is 10.2. The minimum absolute atomic E-state index is 0.256. The number of carbonyl (C=O) groups excluding carboxylic acids is 2. The molecular weight excluding hydrogens is 268 g/mol. The fraction of sp³-hybridized carbons (Fsp3) is 0.500. The number of hydrogen-bond acceptors (Lipinski definition) is 3. The van der Waals surface area contributed by atoms with Crippen LogP contribution in [0.3, 0.4) is 0 Å². The van der Waals surface area contributed by atoms with Crippen molar-refractivity contribution >= 4 is 11.9 Å². The third-order valence-corrected chi connectivity index (χ3v) is 2.90. The average Bonchev–Trinajstić information content (AvgIpc) is 2.49. The molecule has 1 N–H and O–H groups in total. The van der Waals surface area contributed by atoms with Gasteiger partial charge >= 0.3 is 6.03 Å². The lowest BCUT2D eigenvalue weighted by Gasteiger charge is -2.28. The SMILES string of the molecule is C=C/C=C\C(=C(/C)OC)N1CCC(=O)NC1=O.CCCC. The summed E-state index contributed by atoms with van der Waals surface area (Å²) in [6, 6.07) is -0.429. The topological polar surface area (TPSA) is 58.6 Å². The monoisotopic (exact) mass is 294 g/mol. The number of urea groups is 1. The van der Waals surface area contributed by atoms with Crippen molar-refractivity contribution in [3.8, 4) is 0 Å². The molecule has 1 saturated heterocycles. The van der Waals surface area contributed by atoms with Gasteiger partial charge in [-0.15, -0.1) is 0 Å². The molecule has 0 aromatic carbocycles. The lowest BCUT2D eigenvalue weighted by Crippen LogP contribution is -2.48. The van der Waals surface area contributed by atoms with Gasteiger partial charge < -0.3 is 4.74 Å². The van der Waals surface area contributed by atoms with Gasteiger partial charge in [0.2, 0.25) is 5.91 Å². The number of hydrogen-bond donors (Lipinski definition) is 1. The third kappa shape index (κ3) is 6.79. The van der Waals surface area contributed by atoms with Crippen molar-refractivity contribution in [1.82, 2.24) is 10.2 Å². The lowest BCUT2D eigenvalue weighted by molar-refractivity contribution is -0.121. The van der Waals surface area contributed by atoms with Gasteiger partial charge in [0, 0.05) is 13.0 Å². The molecular formula is C16H26N2O3. The van der Waals surface area contributed by atoms with Gasteiger partial charge in [-0.1, -0.05) is 45.4 Å². The molecule has 1 aliphatic heterocycles. The standard InChI is InChI=1S/C12H16N2O3.C4H10/c1-4-5-6-10(9(2)17-3)14-8-7-11(15)13-12(14)16;1-3-4-2/h4-6H,1,7-8H2,2-3H3,(H,13,15,16);3-4H2,1-2H3/b6-5-,10-9-;. The number of nitrogens with zero attached hydrogens (tertiary/aromatic N) is 1. The van der Waals surface area contributed by atoms with E-state index < -0.39 is 6.03 Å². The summed E-state index contributed by atoms with van der Waals surface area (Å²) >= 11 is 0. The Bertz CT molecular complexity index is 423. The summed E-state index contributed by atoms with van der Waals surface area (Å²) in [5.74, 6) is 0.348. The molecule has 118 valence electrons. The van der Waals surface area contributed by atoms with Crippen LogP contribution in [0.5, 0.6) is 0 Å². The van der Waals surface area contributed by atoms with Crippen LogP contribution < -0.4 is 5.32 Å². The largest absolute Gasteiger partial charge is 0.499 e. The molecule has 21 heavy (non-hydrogen) atoms. The minimum atomic E-state index is -0.429. The van der Waals surface area contributed by atoms with E-state index in [0.29, 0.717) is 18.0 Å². The molecule has 0 bridgehead atoms. The van der Waals surface area contributed by atoms with Crippen molar-refractivity contribution in [2.24, 2.45) is 0 Å². The Labute approximate surface area is 127 Å². The quantitative estimate of drug-likeness (QED) is 0.625. The molecule has 5 heteroatoms. The first-order valence-electron chi connectivity index (χ1n) is 7.17. The number of unbranched alkanes of at least 4 members (excludes halogenated alkanes) is 1. The smallest absolute Gasteiger partial charge is 0.328 e. The van der Waals surface area contributed by atoms with Crippen LogP contribution in [0.1, 0.15) is 40.0 Å². The Balaban J connectivity index is 0.000000885. The molecule has 0 atom stereocenters. The molecule has 1 heterocycles. The maximum Gasteiger partial charge on any atom is 0.328 e. The molecule has 1 rings (SSSR count). The van der Waals surface area contributed by atoms with Gasteiger partial charge in [0.15, 0.2) is 0 Å². The van der Waals surface area contributed by atoms with Crippen LogP contribution in [-0.4, -0.2) is 30.5 Å². The van der Waals surface area contributed by atoms with E-state index in [0.717, 1.165) is 0 Å². The van der Waals surface area contributed by atoms with Crippen molar-refractivity contribution in [2.75, 3.05) is 13.7 Å². The molecule has 0 unspecified atom stereocenters. The maximum atomic E-state index is 11.7. The van der Waals surface area contributed by atoms with Gasteiger partial charge in [0.1, 0.15) is 5.76 Å². The highest BCUT2D eigenvalue weighted by Gasteiger charge is 2.26. The summed E-state index contributed by atoms with van der Waals surface area (Å²) in [4.78, 5) is 24.2. The van der Waals surface area contributed by atoms with Crippen LogP contribution in [-0.2, 0) is 9.53 Å². The summed E-state index contributed by atoms with van der Waals surface area (Å²) < 4.78 is 5.13. The van der Waals surface area contributed by atoms with Crippen LogP contribution in [0, 0.1) is 0 Å². The van der Waals surface area contributed by atoms with Crippen LogP contribution in [0.2, 0.25) is 0 Å². The number of carbonyl (C=O) groups is 2. The van der Waals surface area contributed by atoms with Crippen molar-refractivity contribution < 1.29 is 14.3 Å². The third-order valence-electron chi connectivity index (χ3n) is 2.90. The molecule has 0 aliphatic carbocycles. The van der Waals surface area contributed by atoms with Crippen LogP contribution in [0.15, 0.2) is 36.3 Å². The summed E-state index contributed by atoms with van der Waals surface area (Å²) in [6.07, 6.45) is 7.97. The highest BCUT2D eigenvalue weighted by molar-refractivity contribution is 5.97. The van der Waals surface area contributed by atoms with Gasteiger partial charge in [0.25, 0.3) is 0 Å². The molecule has 0 saturated carbocycles. The average molecular weight is 294 g/mol. The zero-order valence-electron chi connectivity index (χ0n) is 13.4. The first-order valence-corrected chi connectivity index (χ1v) is 7.17. The highest BCUT2D eigenvalue weighted by atomic mass is 16.5. The van der Waals surface area contributed by atoms with Gasteiger partial charge in [-0.3, -0.25) is 15.0 Å². The number of imide groups is 1. The summed E-state index contributed by atoms with van der Waals surface area (Å²) in [5.41, 5.74) is 0.623. The molecule has 1 fully saturated rings. The van der Waals surface area contributed by atoms with Crippen LogP contribution >= 0.6 is 0 Å². The van der Waals surface area contributed by atoms with Crippen LogP contribution in [0.4, 0.5) is 4.79 Å². The Morgan fingerprint density at radius 1 is 1.38 bits per heavy atom. The Hall–Kier alpha value is -2.04. The fourth-order valence-electron chi connectivity index (χ4n) is 1.46. The number of ether oxygens (including phenoxy) is 1. The van der Waals surface area contributed by atoms with Crippen molar-refractivity contribution in [3.05, 3.63) is 36.3 Å². The van der Waals surface area contributed by atoms with Crippen LogP contribution in [0.25, 0.3) is 0 Å². The second kappa shape index (κ2) is 10.7. The van der Waals surface area contributed by atoms with E-state index in [2.05, 4.69) is 25.7 Å². The summed E-state index contributed by atoms with van der Waals surface area (Å²) in [5, 5.41) is 2.26. The van der Waals surface area contributed by atoms with E-state index in [-0.39, 0.29) is 12.3 Å². The number of rotatable bonds is 5. The predicted octanol–water partition coefficient (Wildman–Crippen LogP) is 3.35. The first kappa shape index (κ1) is 19.0. The first-order chi connectivity index (χ1) is 10.0. The van der Waals surface area contributed by atoms with Crippen molar-refractivity contribution in [3.63, 3.8) is 0 Å². The highest BCUT2D eigenvalue weighted by Crippen LogP contribution is 2.16. The number of methoxy groups -OCH3 is 1. The molecule has 0 radical (unpaired) electrons. The zero-order valence-corrected chi connectivity index (χ0v) is 13.4. The van der Waals surface area contributed by atoms with Crippen molar-refractivity contribution in [1.29, 1.82) is 0 Å². The van der Waals surface area contributed by atoms with Gasteiger partial charge in [-0.25, -0.2) is 4.79 Å². The maximum absolute atomic E-state index is 11.7. The molecule has 3 amide bonds. The summed E-state index contributed by atoms with van der Waals surface area (Å²) in [6.45, 7) is 10.0. The van der Waals surface area contributed by atoms with E-state index in [1.165, 1.54) is 24.9 Å². The fourth-order valence-corrected chi connectivity index (χ4v) is 1.46. The van der Waals surface area contributed by atoms with E-state index in [9.17, 15) is 9.59 Å². The minimum Gasteiger partial charge on any atom is -0.499 e. The normalized spacial score (nSPS) is 15.9. The van der Waals surface area contributed by atoms with E-state index in [1.807, 2.05) is 0 Å². The summed E-state index contributed by atoms with van der Waals surface area (Å²) in [7, 11) is 1.53. The predicted molar refractivity (Wildman–Crippen MR) is 84.5 cm³/mol. The second-order valence-electron chi connectivity index (χ2n) is 4.50. The van der Waals surface area contributed by atoms with E-state index in [4.69, 9.17) is 4.74 Å². The molecule has 1 aliphatic rings. The molecule has 0 aromatic heterocycles. The second-order valence-corrected chi connectivity index (χ2v) is 4.50. The molecule has 5 nitrogen and oxygen atoms in total. The molecule has 0 spiro atoms. The van der Waals surface area contributed by atoms with Gasteiger partial charge in [0.05, 0.1) is 12.8 Å². The Morgan fingerprint density at radius 2 is 2.00 bits per heavy atom. The Morgan fingerprint density at radius 3 is 2.43 bits per heavy atom. The zero-order chi connectivity index (χ0) is 16.3. The Kier molecular flexibility index (Phi) is 9.67. The van der Waals surface area contributed by atoms with Gasteiger partial charge in [-0.05, 0) is 13.0 Å². The van der Waals surface area contributed by atoms with Crippen molar-refractivity contribution in [2.45, 2.75) is 40.0 Å². The van der Waals surface area contributed by atoms with E-state index in [1.54, 1.807) is 25.2 Å². The number of nitrogens with one attached hydrogen (secondary N) is 1. The van der Waals surface area contributed by atoms with Gasteiger partial charge in [-0.2, -0.15) is 0 Å². The molecule has 0 aromatic rings. The van der Waals surface area contributed by atoms with E-state index >= 15 is 0 Å². The number of allylic oxidation sites excluding steroid dienone is 4.